The summed E-state index contributed by atoms with van der Waals surface area (Å²) in [5.41, 5.74) is 16.4. The molecule has 272 valence electrons. The van der Waals surface area contributed by atoms with Crippen LogP contribution in [-0.4, -0.2) is 18.9 Å². The van der Waals surface area contributed by atoms with Gasteiger partial charge in [-0.2, -0.15) is 0 Å². The van der Waals surface area contributed by atoms with Gasteiger partial charge in [0, 0.05) is 28.6 Å². The van der Waals surface area contributed by atoms with Gasteiger partial charge in [0.25, 0.3) is 0 Å². The van der Waals surface area contributed by atoms with Gasteiger partial charge in [0.1, 0.15) is 11.5 Å². The van der Waals surface area contributed by atoms with Crippen molar-refractivity contribution >= 4 is 27.5 Å². The molecule has 0 amide bonds. The lowest BCUT2D eigenvalue weighted by Crippen LogP contribution is -1.97. The van der Waals surface area contributed by atoms with Gasteiger partial charge in [0.2, 0.25) is 0 Å². The van der Waals surface area contributed by atoms with Gasteiger partial charge in [-0.3, -0.25) is 8.97 Å². The van der Waals surface area contributed by atoms with Crippen molar-refractivity contribution in [3.05, 3.63) is 219 Å². The van der Waals surface area contributed by atoms with Crippen molar-refractivity contribution in [1.82, 2.24) is 18.9 Å². The Bertz CT molecular complexity index is 3240. The van der Waals surface area contributed by atoms with E-state index in [0.717, 1.165) is 78.5 Å². The first-order valence-electron chi connectivity index (χ1n) is 19.7. The van der Waals surface area contributed by atoms with Gasteiger partial charge >= 0.3 is 0 Å². The Kier molecular flexibility index (Phi) is 8.11. The lowest BCUT2D eigenvalue weighted by molar-refractivity contribution is 1.10. The van der Waals surface area contributed by atoms with Crippen LogP contribution >= 0.6 is 0 Å². The number of benzene rings is 8. The number of para-hydroxylation sites is 2. The molecule has 4 nitrogen and oxygen atoms in total. The summed E-state index contributed by atoms with van der Waals surface area (Å²) in [6, 6.07) is 75.5. The quantitative estimate of drug-likeness (QED) is 0.163. The second kappa shape index (κ2) is 14.0. The van der Waals surface area contributed by atoms with Crippen LogP contribution in [0, 0.1) is 0 Å². The van der Waals surface area contributed by atoms with Crippen molar-refractivity contribution in [1.29, 1.82) is 0 Å². The predicted molar refractivity (Wildman–Crippen MR) is 240 cm³/mol. The summed E-state index contributed by atoms with van der Waals surface area (Å²) in [6.45, 7) is 0. The third-order valence-electron chi connectivity index (χ3n) is 11.2. The number of hydrogen-bond donors (Lipinski definition) is 0. The first-order chi connectivity index (χ1) is 28.7. The predicted octanol–water partition coefficient (Wildman–Crippen LogP) is 13.8. The SMILES string of the molecule is c1ccc(-c2nc3ccccc3n2-c2ccc(-c3cc(-c4ccc(-c5nc6ccccn6c5-c5ccccc5)cc4)cc(-c4cccc5ccccc45)c3)cc2)cc1. The Balaban J connectivity index is 1.03. The van der Waals surface area contributed by atoms with Crippen LogP contribution in [0.1, 0.15) is 0 Å². The van der Waals surface area contributed by atoms with Crippen molar-refractivity contribution in [3.63, 3.8) is 0 Å². The lowest BCUT2D eigenvalue weighted by Gasteiger charge is -2.14. The molecule has 58 heavy (non-hydrogen) atoms. The van der Waals surface area contributed by atoms with Crippen LogP contribution in [0.15, 0.2) is 219 Å². The Labute approximate surface area is 336 Å². The van der Waals surface area contributed by atoms with Crippen LogP contribution < -0.4 is 0 Å². The largest absolute Gasteiger partial charge is 0.299 e. The molecule has 4 heteroatoms. The molecule has 0 aliphatic carbocycles. The fraction of sp³-hybridized carbons (Fsp3) is 0. The van der Waals surface area contributed by atoms with Gasteiger partial charge in [0.05, 0.1) is 22.4 Å². The van der Waals surface area contributed by atoms with Crippen LogP contribution in [0.5, 0.6) is 0 Å². The third-order valence-corrected chi connectivity index (χ3v) is 11.2. The van der Waals surface area contributed by atoms with E-state index in [1.54, 1.807) is 0 Å². The van der Waals surface area contributed by atoms with Gasteiger partial charge in [0.15, 0.2) is 0 Å². The molecule has 0 aliphatic heterocycles. The topological polar surface area (TPSA) is 35.1 Å². The fourth-order valence-electron chi connectivity index (χ4n) is 8.35. The molecule has 0 atom stereocenters. The van der Waals surface area contributed by atoms with Crippen LogP contribution in [-0.2, 0) is 0 Å². The number of pyridine rings is 1. The summed E-state index contributed by atoms with van der Waals surface area (Å²) < 4.78 is 4.45. The van der Waals surface area contributed by atoms with Crippen molar-refractivity contribution in [2.45, 2.75) is 0 Å². The highest BCUT2D eigenvalue weighted by Gasteiger charge is 2.18. The summed E-state index contributed by atoms with van der Waals surface area (Å²) in [4.78, 5) is 10.2. The minimum Gasteiger partial charge on any atom is -0.299 e. The number of fused-ring (bicyclic) bond motifs is 3. The molecule has 0 N–H and O–H groups in total. The first kappa shape index (κ1) is 33.5. The molecule has 8 aromatic carbocycles. The van der Waals surface area contributed by atoms with E-state index in [2.05, 4.69) is 209 Å². The van der Waals surface area contributed by atoms with Gasteiger partial charge in [-0.05, 0) is 98.8 Å². The van der Waals surface area contributed by atoms with Gasteiger partial charge in [-0.15, -0.1) is 0 Å². The highest BCUT2D eigenvalue weighted by Crippen LogP contribution is 2.39. The Morgan fingerprint density at radius 1 is 0.379 bits per heavy atom. The normalized spacial score (nSPS) is 11.4. The number of aromatic nitrogens is 4. The van der Waals surface area contributed by atoms with E-state index in [9.17, 15) is 0 Å². The van der Waals surface area contributed by atoms with Crippen molar-refractivity contribution in [3.8, 4) is 73.0 Å². The summed E-state index contributed by atoms with van der Waals surface area (Å²) in [7, 11) is 0. The highest BCUT2D eigenvalue weighted by molar-refractivity contribution is 5.98. The molecule has 3 aromatic heterocycles. The standard InChI is InChI=1S/C54H36N4/c1-3-15-41(16-4-1)53-52(56-51-24-11-12-33-57(51)53)40-27-25-37(26-28-40)43-34-44(36-45(35-43)48-21-13-19-39-14-7-8-20-47(39)48)38-29-31-46(32-30-38)58-50-23-10-9-22-49(50)55-54(58)42-17-5-2-6-18-42/h1-36H. The number of nitrogens with zero attached hydrogens (tertiary/aromatic N) is 4. The first-order valence-corrected chi connectivity index (χ1v) is 19.7. The maximum Gasteiger partial charge on any atom is 0.145 e. The Morgan fingerprint density at radius 3 is 1.76 bits per heavy atom. The summed E-state index contributed by atoms with van der Waals surface area (Å²) in [5, 5.41) is 2.46. The molecule has 0 fully saturated rings. The second-order valence-electron chi connectivity index (χ2n) is 14.7. The van der Waals surface area contributed by atoms with E-state index in [0.29, 0.717) is 0 Å². The van der Waals surface area contributed by atoms with E-state index in [1.165, 1.54) is 21.9 Å². The number of imidazole rings is 2. The Hall–Kier alpha value is -7.82. The van der Waals surface area contributed by atoms with Crippen LogP contribution in [0.3, 0.4) is 0 Å². The summed E-state index contributed by atoms with van der Waals surface area (Å²) in [5.74, 6) is 0.928. The van der Waals surface area contributed by atoms with Crippen molar-refractivity contribution < 1.29 is 0 Å². The zero-order valence-electron chi connectivity index (χ0n) is 31.6. The molecule has 0 saturated heterocycles. The van der Waals surface area contributed by atoms with Gasteiger partial charge in [-0.25, -0.2) is 9.97 Å². The second-order valence-corrected chi connectivity index (χ2v) is 14.7. The van der Waals surface area contributed by atoms with Crippen molar-refractivity contribution in [2.24, 2.45) is 0 Å². The van der Waals surface area contributed by atoms with Crippen LogP contribution in [0.2, 0.25) is 0 Å². The van der Waals surface area contributed by atoms with Crippen molar-refractivity contribution in [2.75, 3.05) is 0 Å². The summed E-state index contributed by atoms with van der Waals surface area (Å²) in [6.07, 6.45) is 2.09. The molecule has 0 unspecified atom stereocenters. The minimum absolute atomic E-state index is 0.927. The van der Waals surface area contributed by atoms with Gasteiger partial charge in [-0.1, -0.05) is 158 Å². The zero-order chi connectivity index (χ0) is 38.4. The molecule has 0 spiro atoms. The van der Waals surface area contributed by atoms with Gasteiger partial charge < -0.3 is 0 Å². The van der Waals surface area contributed by atoms with E-state index in [-0.39, 0.29) is 0 Å². The maximum atomic E-state index is 5.12. The summed E-state index contributed by atoms with van der Waals surface area (Å²) >= 11 is 0. The Morgan fingerprint density at radius 2 is 0.983 bits per heavy atom. The third kappa shape index (κ3) is 5.87. The molecule has 0 saturated carbocycles. The molecule has 0 radical (unpaired) electrons. The molecular formula is C54H36N4. The zero-order valence-corrected chi connectivity index (χ0v) is 31.6. The fourth-order valence-corrected chi connectivity index (χ4v) is 8.35. The molecule has 0 bridgehead atoms. The van der Waals surface area contributed by atoms with E-state index in [4.69, 9.17) is 9.97 Å². The monoisotopic (exact) mass is 740 g/mol. The maximum absolute atomic E-state index is 5.12. The molecule has 3 heterocycles. The molecular weight excluding hydrogens is 705 g/mol. The molecule has 0 aliphatic rings. The van der Waals surface area contributed by atoms with Crippen LogP contribution in [0.25, 0.3) is 100 Å². The molecule has 11 aromatic rings. The number of rotatable bonds is 7. The smallest absolute Gasteiger partial charge is 0.145 e. The average Bonchev–Trinajstić information content (AvgIpc) is 3.89. The molecule has 11 rings (SSSR count). The van der Waals surface area contributed by atoms with E-state index < -0.39 is 0 Å². The van der Waals surface area contributed by atoms with E-state index in [1.807, 2.05) is 18.2 Å². The minimum atomic E-state index is 0.927. The van der Waals surface area contributed by atoms with Crippen LogP contribution in [0.4, 0.5) is 0 Å². The average molecular weight is 741 g/mol. The van der Waals surface area contributed by atoms with E-state index >= 15 is 0 Å². The lowest BCUT2D eigenvalue weighted by atomic mass is 9.91. The highest BCUT2D eigenvalue weighted by atomic mass is 15.1. The number of hydrogen-bond acceptors (Lipinski definition) is 2.